The van der Waals surface area contributed by atoms with Gasteiger partial charge < -0.3 is 10.1 Å². The molecule has 1 atom stereocenters. The van der Waals surface area contributed by atoms with Gasteiger partial charge >= 0.3 is 0 Å². The molecule has 27 heavy (non-hydrogen) atoms. The highest BCUT2D eigenvalue weighted by molar-refractivity contribution is 8.00. The first-order valence-electron chi connectivity index (χ1n) is 8.20. The number of methoxy groups -OCH3 is 1. The maximum Gasteiger partial charge on any atom is 0.244 e. The Morgan fingerprint density at radius 3 is 2.41 bits per heavy atom. The van der Waals surface area contributed by atoms with E-state index < -0.39 is 10.0 Å². The van der Waals surface area contributed by atoms with E-state index in [1.807, 2.05) is 24.3 Å². The van der Waals surface area contributed by atoms with Gasteiger partial charge in [-0.1, -0.05) is 23.9 Å². The van der Waals surface area contributed by atoms with Crippen molar-refractivity contribution in [3.63, 3.8) is 0 Å². The number of hydrogen-bond acceptors (Lipinski definition) is 6. The second-order valence-electron chi connectivity index (χ2n) is 5.95. The second-order valence-corrected chi connectivity index (χ2v) is 9.46. The van der Waals surface area contributed by atoms with Crippen molar-refractivity contribution in [2.75, 3.05) is 21.2 Å². The van der Waals surface area contributed by atoms with Gasteiger partial charge in [0.25, 0.3) is 0 Å². The maximum absolute atomic E-state index is 12.3. The lowest BCUT2D eigenvalue weighted by Crippen LogP contribution is -2.30. The van der Waals surface area contributed by atoms with Crippen LogP contribution in [0.3, 0.4) is 0 Å². The van der Waals surface area contributed by atoms with Gasteiger partial charge in [-0.05, 0) is 36.8 Å². The molecule has 0 aliphatic carbocycles. The lowest BCUT2D eigenvalue weighted by molar-refractivity contribution is -0.120. The standard InChI is InChI=1S/C18H23N3O4S2/c1-13(18(22)20-11-14-5-7-15(25-4)8-6-14)26-17-10-9-16(12-19-17)27(23,24)21(2)3/h5-10,12-13H,11H2,1-4H3,(H,20,22). The van der Waals surface area contributed by atoms with Crippen molar-refractivity contribution < 1.29 is 17.9 Å². The third-order valence-corrected chi connectivity index (χ3v) is 6.63. The fourth-order valence-electron chi connectivity index (χ4n) is 2.11. The van der Waals surface area contributed by atoms with Gasteiger partial charge in [-0.2, -0.15) is 0 Å². The molecule has 2 aromatic rings. The number of ether oxygens (including phenoxy) is 1. The van der Waals surface area contributed by atoms with E-state index in [2.05, 4.69) is 10.3 Å². The van der Waals surface area contributed by atoms with E-state index in [1.54, 1.807) is 20.1 Å². The van der Waals surface area contributed by atoms with Crippen LogP contribution in [0.25, 0.3) is 0 Å². The summed E-state index contributed by atoms with van der Waals surface area (Å²) < 4.78 is 30.3. The van der Waals surface area contributed by atoms with Gasteiger partial charge in [0, 0.05) is 26.8 Å². The SMILES string of the molecule is COc1ccc(CNC(=O)C(C)Sc2ccc(S(=O)(=O)N(C)C)cn2)cc1. The molecule has 0 spiro atoms. The molecule has 1 unspecified atom stereocenters. The summed E-state index contributed by atoms with van der Waals surface area (Å²) >= 11 is 1.27. The molecule has 1 aromatic carbocycles. The smallest absolute Gasteiger partial charge is 0.244 e. The minimum absolute atomic E-state index is 0.119. The molecule has 0 aliphatic heterocycles. The Morgan fingerprint density at radius 2 is 1.89 bits per heavy atom. The lowest BCUT2D eigenvalue weighted by Gasteiger charge is -2.13. The zero-order valence-electron chi connectivity index (χ0n) is 15.7. The molecule has 9 heteroatoms. The topological polar surface area (TPSA) is 88.6 Å². The second kappa shape index (κ2) is 9.20. The van der Waals surface area contributed by atoms with Crippen molar-refractivity contribution >= 4 is 27.7 Å². The van der Waals surface area contributed by atoms with E-state index in [4.69, 9.17) is 4.74 Å². The Bertz CT molecular complexity index is 866. The highest BCUT2D eigenvalue weighted by Crippen LogP contribution is 2.23. The van der Waals surface area contributed by atoms with E-state index >= 15 is 0 Å². The summed E-state index contributed by atoms with van der Waals surface area (Å²) in [7, 11) is 1.02. The van der Waals surface area contributed by atoms with Gasteiger partial charge in [0.2, 0.25) is 15.9 Å². The Hall–Kier alpha value is -2.10. The first kappa shape index (κ1) is 21.2. The van der Waals surface area contributed by atoms with Crippen LogP contribution in [0.4, 0.5) is 0 Å². The number of aromatic nitrogens is 1. The third-order valence-electron chi connectivity index (χ3n) is 3.78. The van der Waals surface area contributed by atoms with E-state index in [0.29, 0.717) is 11.6 Å². The number of carbonyl (C=O) groups is 1. The number of pyridine rings is 1. The molecule has 0 saturated carbocycles. The monoisotopic (exact) mass is 409 g/mol. The summed E-state index contributed by atoms with van der Waals surface area (Å²) in [6, 6.07) is 10.6. The number of amides is 1. The molecule has 1 heterocycles. The van der Waals surface area contributed by atoms with Gasteiger partial charge in [0.15, 0.2) is 0 Å². The molecule has 0 radical (unpaired) electrons. The normalized spacial score (nSPS) is 12.6. The van der Waals surface area contributed by atoms with Gasteiger partial charge in [0.1, 0.15) is 10.6 Å². The minimum Gasteiger partial charge on any atom is -0.497 e. The Morgan fingerprint density at radius 1 is 1.22 bits per heavy atom. The van der Waals surface area contributed by atoms with E-state index in [9.17, 15) is 13.2 Å². The first-order chi connectivity index (χ1) is 12.7. The molecule has 1 N–H and O–H groups in total. The average Bonchev–Trinajstić information content (AvgIpc) is 2.66. The molecule has 2 rings (SSSR count). The molecule has 1 aromatic heterocycles. The summed E-state index contributed by atoms with van der Waals surface area (Å²) in [5, 5.41) is 3.09. The molecular formula is C18H23N3O4S2. The molecule has 0 aliphatic rings. The fraction of sp³-hybridized carbons (Fsp3) is 0.333. The highest BCUT2D eigenvalue weighted by atomic mass is 32.2. The summed E-state index contributed by atoms with van der Waals surface area (Å²) in [6.45, 7) is 2.20. The molecule has 1 amide bonds. The number of carbonyl (C=O) groups excluding carboxylic acids is 1. The quantitative estimate of drug-likeness (QED) is 0.672. The van der Waals surface area contributed by atoms with Crippen LogP contribution in [-0.2, 0) is 21.4 Å². The number of nitrogens with zero attached hydrogens (tertiary/aromatic N) is 2. The van der Waals surface area contributed by atoms with E-state index in [-0.39, 0.29) is 16.1 Å². The van der Waals surface area contributed by atoms with Gasteiger partial charge in [0.05, 0.1) is 17.4 Å². The van der Waals surface area contributed by atoms with Crippen LogP contribution in [0.5, 0.6) is 5.75 Å². The predicted molar refractivity (Wildman–Crippen MR) is 105 cm³/mol. The summed E-state index contributed by atoms with van der Waals surface area (Å²) in [5.74, 6) is 0.641. The van der Waals surface area contributed by atoms with E-state index in [0.717, 1.165) is 15.6 Å². The van der Waals surface area contributed by atoms with Crippen LogP contribution in [-0.4, -0.2) is 50.1 Å². The summed E-state index contributed by atoms with van der Waals surface area (Å²) in [6.07, 6.45) is 1.31. The molecule has 0 fully saturated rings. The maximum atomic E-state index is 12.3. The van der Waals surface area contributed by atoms with Crippen LogP contribution in [0.1, 0.15) is 12.5 Å². The van der Waals surface area contributed by atoms with Crippen molar-refractivity contribution in [1.82, 2.24) is 14.6 Å². The molecule has 146 valence electrons. The summed E-state index contributed by atoms with van der Waals surface area (Å²) in [5.41, 5.74) is 0.970. The lowest BCUT2D eigenvalue weighted by atomic mass is 10.2. The molecule has 0 bridgehead atoms. The Labute approximate surface area is 164 Å². The van der Waals surface area contributed by atoms with Crippen LogP contribution < -0.4 is 10.1 Å². The van der Waals surface area contributed by atoms with Crippen molar-refractivity contribution in [3.8, 4) is 5.75 Å². The highest BCUT2D eigenvalue weighted by Gasteiger charge is 2.19. The van der Waals surface area contributed by atoms with Crippen LogP contribution in [0.2, 0.25) is 0 Å². The van der Waals surface area contributed by atoms with Crippen molar-refractivity contribution in [2.45, 2.75) is 28.6 Å². The molecule has 0 saturated heterocycles. The largest absolute Gasteiger partial charge is 0.497 e. The predicted octanol–water partition coefficient (Wildman–Crippen LogP) is 2.14. The zero-order chi connectivity index (χ0) is 20.0. The van der Waals surface area contributed by atoms with Gasteiger partial charge in [-0.3, -0.25) is 4.79 Å². The minimum atomic E-state index is -3.51. The summed E-state index contributed by atoms with van der Waals surface area (Å²) in [4.78, 5) is 16.5. The van der Waals surface area contributed by atoms with Crippen molar-refractivity contribution in [1.29, 1.82) is 0 Å². The number of nitrogens with one attached hydrogen (secondary N) is 1. The number of hydrogen-bond donors (Lipinski definition) is 1. The van der Waals surface area contributed by atoms with Crippen LogP contribution in [0.15, 0.2) is 52.5 Å². The van der Waals surface area contributed by atoms with E-state index in [1.165, 1.54) is 38.1 Å². The number of sulfonamides is 1. The Kier molecular flexibility index (Phi) is 7.23. The van der Waals surface area contributed by atoms with Crippen molar-refractivity contribution in [2.24, 2.45) is 0 Å². The number of benzene rings is 1. The first-order valence-corrected chi connectivity index (χ1v) is 10.5. The molecular weight excluding hydrogens is 386 g/mol. The third kappa shape index (κ3) is 5.69. The average molecular weight is 410 g/mol. The van der Waals surface area contributed by atoms with Gasteiger partial charge in [-0.15, -0.1) is 0 Å². The van der Waals surface area contributed by atoms with Crippen LogP contribution >= 0.6 is 11.8 Å². The van der Waals surface area contributed by atoms with Gasteiger partial charge in [-0.25, -0.2) is 17.7 Å². The Balaban J connectivity index is 1.91. The number of thioether (sulfide) groups is 1. The van der Waals surface area contributed by atoms with Crippen molar-refractivity contribution in [3.05, 3.63) is 48.2 Å². The molecule has 7 nitrogen and oxygen atoms in total. The number of rotatable bonds is 8. The fourth-order valence-corrected chi connectivity index (χ4v) is 3.77. The zero-order valence-corrected chi connectivity index (χ0v) is 17.3. The van der Waals surface area contributed by atoms with Crippen LogP contribution in [0, 0.1) is 0 Å².